The smallest absolute Gasteiger partial charge is 0.264 e. The lowest BCUT2D eigenvalue weighted by atomic mass is 9.89. The van der Waals surface area contributed by atoms with Gasteiger partial charge < -0.3 is 14.8 Å². The van der Waals surface area contributed by atoms with Crippen molar-refractivity contribution in [3.8, 4) is 11.5 Å². The third-order valence-electron chi connectivity index (χ3n) is 6.86. The Morgan fingerprint density at radius 3 is 2.29 bits per heavy atom. The molecule has 1 unspecified atom stereocenters. The minimum absolute atomic E-state index is 0.0889. The van der Waals surface area contributed by atoms with E-state index in [0.29, 0.717) is 12.2 Å². The van der Waals surface area contributed by atoms with E-state index >= 15 is 0 Å². The number of fused-ring (bicyclic) bond motifs is 1. The maximum absolute atomic E-state index is 13.8. The number of hydrogen-bond acceptors (Lipinski definition) is 5. The Morgan fingerprint density at radius 1 is 0.947 bits per heavy atom. The Hall–Kier alpha value is -3.59. The van der Waals surface area contributed by atoms with Gasteiger partial charge in [0.2, 0.25) is 5.91 Å². The van der Waals surface area contributed by atoms with Crippen molar-refractivity contribution < 1.29 is 27.1 Å². The zero-order chi connectivity index (χ0) is 27.3. The summed E-state index contributed by atoms with van der Waals surface area (Å²) in [7, 11) is -1.36. The van der Waals surface area contributed by atoms with Crippen molar-refractivity contribution in [2.45, 2.75) is 50.0 Å². The monoisotopic (exact) mass is 540 g/mol. The lowest BCUT2D eigenvalue weighted by Gasteiger charge is -2.26. The number of anilines is 1. The van der Waals surface area contributed by atoms with E-state index in [0.717, 1.165) is 41.3 Å². The van der Waals surface area contributed by atoms with Crippen LogP contribution in [0.5, 0.6) is 11.5 Å². The molecule has 1 aliphatic rings. The van der Waals surface area contributed by atoms with E-state index in [-0.39, 0.29) is 22.4 Å². The first-order valence-corrected chi connectivity index (χ1v) is 14.1. The van der Waals surface area contributed by atoms with Crippen LogP contribution in [0.15, 0.2) is 65.6 Å². The molecule has 0 saturated heterocycles. The number of ether oxygens (including phenoxy) is 2. The second-order valence-corrected chi connectivity index (χ2v) is 11.1. The molecule has 38 heavy (non-hydrogen) atoms. The highest BCUT2D eigenvalue weighted by Crippen LogP contribution is 2.32. The van der Waals surface area contributed by atoms with Gasteiger partial charge in [-0.15, -0.1) is 0 Å². The van der Waals surface area contributed by atoms with Crippen LogP contribution < -0.4 is 19.1 Å². The van der Waals surface area contributed by atoms with E-state index in [4.69, 9.17) is 9.47 Å². The Labute approximate surface area is 223 Å². The number of hydrogen-bond donors (Lipinski definition) is 1. The molecule has 9 heteroatoms. The standard InChI is InChI=1S/C29H33FN2O5S/c1-4-26(22-10-9-20-7-5-6-8-21(20)17-22)31-29(33)19-32(24-13-11-23(30)12-14-24)38(34,35)25-15-16-27(36-2)28(18-25)37-3/h9-18,26H,4-8,19H2,1-3H3,(H,31,33). The summed E-state index contributed by atoms with van der Waals surface area (Å²) in [4.78, 5) is 13.2. The maximum Gasteiger partial charge on any atom is 0.264 e. The van der Waals surface area contributed by atoms with Crippen LogP contribution in [0.3, 0.4) is 0 Å². The van der Waals surface area contributed by atoms with Crippen molar-refractivity contribution in [3.63, 3.8) is 0 Å². The summed E-state index contributed by atoms with van der Waals surface area (Å²) in [6.45, 7) is 1.49. The molecular weight excluding hydrogens is 507 g/mol. The fourth-order valence-electron chi connectivity index (χ4n) is 4.79. The molecule has 202 valence electrons. The molecule has 1 atom stereocenters. The molecule has 0 aliphatic heterocycles. The largest absolute Gasteiger partial charge is 0.493 e. The van der Waals surface area contributed by atoms with Gasteiger partial charge in [0.15, 0.2) is 11.5 Å². The fraction of sp³-hybridized carbons (Fsp3) is 0.345. The second kappa shape index (κ2) is 11.9. The Bertz CT molecular complexity index is 1390. The van der Waals surface area contributed by atoms with E-state index < -0.39 is 28.3 Å². The molecule has 0 saturated carbocycles. The van der Waals surface area contributed by atoms with E-state index in [1.807, 2.05) is 13.0 Å². The highest BCUT2D eigenvalue weighted by molar-refractivity contribution is 7.92. The number of sulfonamides is 1. The Balaban J connectivity index is 1.62. The lowest BCUT2D eigenvalue weighted by Crippen LogP contribution is -2.42. The summed E-state index contributed by atoms with van der Waals surface area (Å²) in [5, 5.41) is 3.00. The predicted molar refractivity (Wildman–Crippen MR) is 145 cm³/mol. The molecule has 0 heterocycles. The second-order valence-electron chi connectivity index (χ2n) is 9.27. The van der Waals surface area contributed by atoms with Gasteiger partial charge in [-0.25, -0.2) is 12.8 Å². The minimum atomic E-state index is -4.22. The van der Waals surface area contributed by atoms with Gasteiger partial charge in [0.1, 0.15) is 12.4 Å². The van der Waals surface area contributed by atoms with Crippen LogP contribution in [0.2, 0.25) is 0 Å². The van der Waals surface area contributed by atoms with E-state index in [1.54, 1.807) is 0 Å². The molecule has 0 spiro atoms. The van der Waals surface area contributed by atoms with Crippen LogP contribution in [0, 0.1) is 5.82 Å². The zero-order valence-electron chi connectivity index (χ0n) is 21.9. The summed E-state index contributed by atoms with van der Waals surface area (Å²) in [6.07, 6.45) is 5.08. The molecule has 0 bridgehead atoms. The lowest BCUT2D eigenvalue weighted by molar-refractivity contribution is -0.120. The summed E-state index contributed by atoms with van der Waals surface area (Å²) in [6, 6.07) is 15.2. The van der Waals surface area contributed by atoms with Gasteiger partial charge in [0, 0.05) is 6.07 Å². The van der Waals surface area contributed by atoms with Crippen molar-refractivity contribution in [2.24, 2.45) is 0 Å². The molecule has 0 fully saturated rings. The summed E-state index contributed by atoms with van der Waals surface area (Å²) in [5.41, 5.74) is 3.82. The van der Waals surface area contributed by atoms with Crippen molar-refractivity contribution >= 4 is 21.6 Å². The normalized spacial score (nSPS) is 13.8. The molecule has 1 aliphatic carbocycles. The van der Waals surface area contributed by atoms with E-state index in [1.165, 1.54) is 62.1 Å². The number of benzene rings is 3. The van der Waals surface area contributed by atoms with Gasteiger partial charge in [0.05, 0.1) is 30.8 Å². The molecule has 3 aromatic carbocycles. The molecule has 3 aromatic rings. The zero-order valence-corrected chi connectivity index (χ0v) is 22.7. The molecule has 0 radical (unpaired) electrons. The van der Waals surface area contributed by atoms with Crippen molar-refractivity contribution in [2.75, 3.05) is 25.1 Å². The molecule has 1 N–H and O–H groups in total. The molecule has 0 aromatic heterocycles. The Morgan fingerprint density at radius 2 is 1.63 bits per heavy atom. The Kier molecular flexibility index (Phi) is 8.56. The highest BCUT2D eigenvalue weighted by atomic mass is 32.2. The first-order chi connectivity index (χ1) is 18.3. The molecule has 4 rings (SSSR count). The van der Waals surface area contributed by atoms with Gasteiger partial charge in [-0.1, -0.05) is 25.1 Å². The maximum atomic E-state index is 13.8. The molecule has 7 nitrogen and oxygen atoms in total. The van der Waals surface area contributed by atoms with Crippen LogP contribution >= 0.6 is 0 Å². The summed E-state index contributed by atoms with van der Waals surface area (Å²) >= 11 is 0. The predicted octanol–water partition coefficient (Wildman–Crippen LogP) is 5.18. The number of aryl methyl sites for hydroxylation is 2. The number of rotatable bonds is 10. The quantitative estimate of drug-likeness (QED) is 0.383. The van der Waals surface area contributed by atoms with Crippen LogP contribution in [-0.2, 0) is 27.7 Å². The first kappa shape index (κ1) is 27.4. The number of halogens is 1. The summed E-state index contributed by atoms with van der Waals surface area (Å²) < 4.78 is 52.7. The molecule has 1 amide bonds. The van der Waals surface area contributed by atoms with Gasteiger partial charge >= 0.3 is 0 Å². The van der Waals surface area contributed by atoms with Crippen molar-refractivity contribution in [3.05, 3.63) is 83.2 Å². The SMILES string of the molecule is CCC(NC(=O)CN(c1ccc(F)cc1)S(=O)(=O)c1ccc(OC)c(OC)c1)c1ccc2c(c1)CCCC2. The van der Waals surface area contributed by atoms with E-state index in [9.17, 15) is 17.6 Å². The average Bonchev–Trinajstić information content (AvgIpc) is 2.94. The van der Waals surface area contributed by atoms with Gasteiger partial charge in [-0.3, -0.25) is 9.10 Å². The number of nitrogens with one attached hydrogen (secondary N) is 1. The number of nitrogens with zero attached hydrogens (tertiary/aromatic N) is 1. The van der Waals surface area contributed by atoms with E-state index in [2.05, 4.69) is 17.4 Å². The molecular formula is C29H33FN2O5S. The third kappa shape index (κ3) is 5.93. The van der Waals surface area contributed by atoms with Gasteiger partial charge in [0.25, 0.3) is 10.0 Å². The van der Waals surface area contributed by atoms with Crippen molar-refractivity contribution in [1.82, 2.24) is 5.32 Å². The number of carbonyl (C=O) groups excluding carboxylic acids is 1. The average molecular weight is 541 g/mol. The topological polar surface area (TPSA) is 84.9 Å². The third-order valence-corrected chi connectivity index (χ3v) is 8.63. The minimum Gasteiger partial charge on any atom is -0.493 e. The first-order valence-electron chi connectivity index (χ1n) is 12.7. The number of carbonyl (C=O) groups is 1. The van der Waals surface area contributed by atoms with Gasteiger partial charge in [-0.05, 0) is 85.2 Å². The van der Waals surface area contributed by atoms with Crippen molar-refractivity contribution in [1.29, 1.82) is 0 Å². The number of methoxy groups -OCH3 is 2. The fourth-order valence-corrected chi connectivity index (χ4v) is 6.23. The van der Waals surface area contributed by atoms with Crippen LogP contribution in [-0.4, -0.2) is 35.1 Å². The van der Waals surface area contributed by atoms with Crippen LogP contribution in [0.25, 0.3) is 0 Å². The number of amides is 1. The highest BCUT2D eigenvalue weighted by Gasteiger charge is 2.29. The van der Waals surface area contributed by atoms with Crippen LogP contribution in [0.1, 0.15) is 48.9 Å². The van der Waals surface area contributed by atoms with Crippen LogP contribution in [0.4, 0.5) is 10.1 Å². The summed E-state index contributed by atoms with van der Waals surface area (Å²) in [5.74, 6) is -0.382. The van der Waals surface area contributed by atoms with Gasteiger partial charge in [-0.2, -0.15) is 0 Å².